The van der Waals surface area contributed by atoms with E-state index >= 15 is 0 Å². The summed E-state index contributed by atoms with van der Waals surface area (Å²) in [4.78, 5) is 11.8. The van der Waals surface area contributed by atoms with Crippen LogP contribution in [0.3, 0.4) is 0 Å². The van der Waals surface area contributed by atoms with Crippen molar-refractivity contribution in [3.8, 4) is 5.75 Å². The molecule has 0 unspecified atom stereocenters. The smallest absolute Gasteiger partial charge is 0.258 e. The van der Waals surface area contributed by atoms with Crippen molar-refractivity contribution in [1.29, 1.82) is 0 Å². The van der Waals surface area contributed by atoms with Gasteiger partial charge in [0.1, 0.15) is 5.75 Å². The summed E-state index contributed by atoms with van der Waals surface area (Å²) in [6.07, 6.45) is 5.78. The molecule has 1 saturated carbocycles. The highest BCUT2D eigenvalue weighted by Gasteiger charge is 2.17. The molecule has 0 aliphatic heterocycles. The number of amides is 1. The van der Waals surface area contributed by atoms with Gasteiger partial charge in [0.15, 0.2) is 6.61 Å². The highest BCUT2D eigenvalue weighted by atomic mass is 16.5. The van der Waals surface area contributed by atoms with E-state index < -0.39 is 0 Å². The van der Waals surface area contributed by atoms with Crippen LogP contribution in [0.15, 0.2) is 24.3 Å². The molecule has 0 spiro atoms. The Balaban J connectivity index is 1.68. The van der Waals surface area contributed by atoms with Gasteiger partial charge >= 0.3 is 0 Å². The number of hydrogen-bond acceptors (Lipinski definition) is 3. The molecule has 1 aromatic rings. The molecule has 21 heavy (non-hydrogen) atoms. The Morgan fingerprint density at radius 3 is 2.62 bits per heavy atom. The van der Waals surface area contributed by atoms with E-state index in [0.29, 0.717) is 6.04 Å². The molecular formula is C17H26N2O2. The molecule has 1 aromatic carbocycles. The predicted octanol–water partition coefficient (Wildman–Crippen LogP) is 2.62. The van der Waals surface area contributed by atoms with Crippen molar-refractivity contribution in [3.05, 3.63) is 29.8 Å². The first kappa shape index (κ1) is 15.8. The summed E-state index contributed by atoms with van der Waals surface area (Å²) in [5.74, 6) is 0.728. The van der Waals surface area contributed by atoms with Crippen LogP contribution in [0.1, 0.15) is 44.6 Å². The van der Waals surface area contributed by atoms with Crippen LogP contribution in [0, 0.1) is 0 Å². The maximum absolute atomic E-state index is 11.8. The maximum Gasteiger partial charge on any atom is 0.258 e. The number of carbonyl (C=O) groups excluding carboxylic acids is 1. The lowest BCUT2D eigenvalue weighted by Gasteiger charge is -2.12. The number of benzene rings is 1. The van der Waals surface area contributed by atoms with Gasteiger partial charge in [0.05, 0.1) is 0 Å². The van der Waals surface area contributed by atoms with Gasteiger partial charge in [-0.2, -0.15) is 0 Å². The Hall–Kier alpha value is -1.55. The lowest BCUT2D eigenvalue weighted by molar-refractivity contribution is -0.123. The number of carbonyl (C=O) groups is 1. The summed E-state index contributed by atoms with van der Waals surface area (Å²) < 4.78 is 5.53. The average Bonchev–Trinajstić information content (AvgIpc) is 2.99. The fourth-order valence-electron chi connectivity index (χ4n) is 2.60. The van der Waals surface area contributed by atoms with Crippen LogP contribution < -0.4 is 15.4 Å². The lowest BCUT2D eigenvalue weighted by Crippen LogP contribution is -2.36. The first-order chi connectivity index (χ1) is 10.3. The Labute approximate surface area is 127 Å². The van der Waals surface area contributed by atoms with E-state index in [1.165, 1.54) is 18.4 Å². The Bertz CT molecular complexity index is 425. The molecule has 0 saturated heterocycles. The minimum absolute atomic E-state index is 0.0180. The van der Waals surface area contributed by atoms with Gasteiger partial charge in [0, 0.05) is 12.6 Å². The van der Waals surface area contributed by atoms with Gasteiger partial charge in [-0.25, -0.2) is 0 Å². The van der Waals surface area contributed by atoms with Crippen LogP contribution >= 0.6 is 0 Å². The van der Waals surface area contributed by atoms with Gasteiger partial charge in [-0.15, -0.1) is 0 Å². The average molecular weight is 290 g/mol. The van der Waals surface area contributed by atoms with Crippen LogP contribution in [0.25, 0.3) is 0 Å². The summed E-state index contributed by atoms with van der Waals surface area (Å²) in [5.41, 5.74) is 1.23. The van der Waals surface area contributed by atoms with Crippen LogP contribution in [0.5, 0.6) is 5.75 Å². The van der Waals surface area contributed by atoms with E-state index in [1.807, 2.05) is 24.3 Å². The third-order valence-electron chi connectivity index (χ3n) is 3.77. The lowest BCUT2D eigenvalue weighted by atomic mass is 10.2. The second-order valence-corrected chi connectivity index (χ2v) is 5.66. The quantitative estimate of drug-likeness (QED) is 0.724. The third kappa shape index (κ3) is 5.76. The van der Waals surface area contributed by atoms with E-state index in [-0.39, 0.29) is 12.5 Å². The first-order valence-electron chi connectivity index (χ1n) is 7.99. The van der Waals surface area contributed by atoms with E-state index in [2.05, 4.69) is 17.6 Å². The van der Waals surface area contributed by atoms with Crippen LogP contribution in [0.4, 0.5) is 0 Å². The Kier molecular flexibility index (Phi) is 6.54. The van der Waals surface area contributed by atoms with Gasteiger partial charge in [0.2, 0.25) is 0 Å². The number of hydrogen-bond donors (Lipinski definition) is 2. The zero-order valence-electron chi connectivity index (χ0n) is 12.9. The summed E-state index contributed by atoms with van der Waals surface area (Å²) in [7, 11) is 0. The summed E-state index contributed by atoms with van der Waals surface area (Å²) >= 11 is 0. The SMILES string of the molecule is CCCNCc1ccc(OCC(=O)NC2CCCC2)cc1. The molecule has 2 rings (SSSR count). The molecule has 0 heterocycles. The molecule has 4 nitrogen and oxygen atoms in total. The third-order valence-corrected chi connectivity index (χ3v) is 3.77. The van der Waals surface area contributed by atoms with Crippen LogP contribution in [-0.4, -0.2) is 25.1 Å². The molecule has 0 atom stereocenters. The monoisotopic (exact) mass is 290 g/mol. The van der Waals surface area contributed by atoms with Gasteiger partial charge < -0.3 is 15.4 Å². The minimum Gasteiger partial charge on any atom is -0.484 e. The van der Waals surface area contributed by atoms with Gasteiger partial charge in [-0.1, -0.05) is 31.9 Å². The molecule has 0 aromatic heterocycles. The second kappa shape index (κ2) is 8.67. The second-order valence-electron chi connectivity index (χ2n) is 5.66. The number of rotatable bonds is 8. The van der Waals surface area contributed by atoms with E-state index in [0.717, 1.165) is 38.1 Å². The van der Waals surface area contributed by atoms with Crippen molar-refractivity contribution in [2.45, 2.75) is 51.6 Å². The summed E-state index contributed by atoms with van der Waals surface area (Å²) in [5, 5.41) is 6.38. The predicted molar refractivity (Wildman–Crippen MR) is 84.3 cm³/mol. The highest BCUT2D eigenvalue weighted by Crippen LogP contribution is 2.17. The van der Waals surface area contributed by atoms with E-state index in [4.69, 9.17) is 4.74 Å². The Morgan fingerprint density at radius 1 is 1.24 bits per heavy atom. The minimum atomic E-state index is -0.0180. The standard InChI is InChI=1S/C17H26N2O2/c1-2-11-18-12-14-7-9-16(10-8-14)21-13-17(20)19-15-5-3-4-6-15/h7-10,15,18H,2-6,11-13H2,1H3,(H,19,20). The van der Waals surface area contributed by atoms with Crippen molar-refractivity contribution in [2.24, 2.45) is 0 Å². The molecule has 0 radical (unpaired) electrons. The molecule has 2 N–H and O–H groups in total. The van der Waals surface area contributed by atoms with Gasteiger partial charge in [-0.3, -0.25) is 4.79 Å². The van der Waals surface area contributed by atoms with Crippen molar-refractivity contribution >= 4 is 5.91 Å². The van der Waals surface area contributed by atoms with Crippen molar-refractivity contribution in [2.75, 3.05) is 13.2 Å². The normalized spacial score (nSPS) is 15.1. The van der Waals surface area contributed by atoms with Crippen molar-refractivity contribution in [1.82, 2.24) is 10.6 Å². The van der Waals surface area contributed by atoms with Crippen LogP contribution in [0.2, 0.25) is 0 Å². The number of ether oxygens (including phenoxy) is 1. The zero-order chi connectivity index (χ0) is 14.9. The molecule has 4 heteroatoms. The summed E-state index contributed by atoms with van der Waals surface area (Å²) in [6.45, 7) is 4.15. The van der Waals surface area contributed by atoms with Crippen molar-refractivity contribution in [3.63, 3.8) is 0 Å². The molecule has 0 bridgehead atoms. The summed E-state index contributed by atoms with van der Waals surface area (Å²) in [6, 6.07) is 8.27. The molecule has 1 aliphatic rings. The highest BCUT2D eigenvalue weighted by molar-refractivity contribution is 5.77. The van der Waals surface area contributed by atoms with Crippen LogP contribution in [-0.2, 0) is 11.3 Å². The largest absolute Gasteiger partial charge is 0.484 e. The Morgan fingerprint density at radius 2 is 1.95 bits per heavy atom. The topological polar surface area (TPSA) is 50.4 Å². The molecular weight excluding hydrogens is 264 g/mol. The fraction of sp³-hybridized carbons (Fsp3) is 0.588. The number of nitrogens with one attached hydrogen (secondary N) is 2. The van der Waals surface area contributed by atoms with Gasteiger partial charge in [0.25, 0.3) is 5.91 Å². The molecule has 1 fully saturated rings. The zero-order valence-corrected chi connectivity index (χ0v) is 12.9. The van der Waals surface area contributed by atoms with E-state index in [9.17, 15) is 4.79 Å². The van der Waals surface area contributed by atoms with Gasteiger partial charge in [-0.05, 0) is 43.5 Å². The van der Waals surface area contributed by atoms with E-state index in [1.54, 1.807) is 0 Å². The fourth-order valence-corrected chi connectivity index (χ4v) is 2.60. The maximum atomic E-state index is 11.8. The van der Waals surface area contributed by atoms with Crippen molar-refractivity contribution < 1.29 is 9.53 Å². The first-order valence-corrected chi connectivity index (χ1v) is 7.99. The molecule has 1 aliphatic carbocycles. The molecule has 1 amide bonds. The molecule has 116 valence electrons.